The largest absolute Gasteiger partial charge is 0.461 e. The summed E-state index contributed by atoms with van der Waals surface area (Å²) in [6.45, 7) is 12.5. The zero-order valence-corrected chi connectivity index (χ0v) is 22.1. The number of halogens is 1. The quantitative estimate of drug-likeness (QED) is 0.216. The van der Waals surface area contributed by atoms with Crippen molar-refractivity contribution in [1.82, 2.24) is 0 Å². The van der Waals surface area contributed by atoms with Crippen LogP contribution in [0.4, 0.5) is 0 Å². The molecule has 0 aromatic rings. The highest BCUT2D eigenvalue weighted by Crippen LogP contribution is 2.67. The van der Waals surface area contributed by atoms with Crippen molar-refractivity contribution in [1.29, 1.82) is 0 Å². The van der Waals surface area contributed by atoms with Crippen LogP contribution in [0.1, 0.15) is 105 Å². The van der Waals surface area contributed by atoms with Gasteiger partial charge in [0.05, 0.1) is 0 Å². The van der Waals surface area contributed by atoms with Gasteiger partial charge in [-0.1, -0.05) is 65.5 Å². The van der Waals surface area contributed by atoms with Crippen LogP contribution in [0.25, 0.3) is 0 Å². The van der Waals surface area contributed by atoms with Gasteiger partial charge in [0.1, 0.15) is 12.0 Å². The number of carbonyl (C=O) groups is 1. The Morgan fingerprint density at radius 2 is 1.88 bits per heavy atom. The second-order valence-electron chi connectivity index (χ2n) is 12.8. The van der Waals surface area contributed by atoms with Crippen molar-refractivity contribution in [3.8, 4) is 0 Å². The molecule has 8 atom stereocenters. The molecular weight excluding hydrogens is 416 g/mol. The molecule has 32 heavy (non-hydrogen) atoms. The molecule has 2 nitrogen and oxygen atoms in total. The maximum Gasteiger partial charge on any atom is 0.321 e. The summed E-state index contributed by atoms with van der Waals surface area (Å²) in [5, 5.41) is 0. The molecule has 0 amide bonds. The number of rotatable bonds is 7. The number of esters is 1. The standard InChI is InChI=1S/C29H47ClO2/c1-19(2)7-6-8-20(3)24-11-12-25-23-10-9-21-17-22(32-27(31)18-30)13-15-28(21,4)26(23)14-16-29(24,25)5/h9,19-20,22-26H,6-8,10-18H2,1-5H3/t20-,22+,23+,24-,25+,26?,28+,29-/m1/s1. The second kappa shape index (κ2) is 9.63. The van der Waals surface area contributed by atoms with Gasteiger partial charge in [-0.2, -0.15) is 0 Å². The van der Waals surface area contributed by atoms with Crippen molar-refractivity contribution < 1.29 is 9.53 Å². The topological polar surface area (TPSA) is 26.3 Å². The lowest BCUT2D eigenvalue weighted by atomic mass is 9.47. The summed E-state index contributed by atoms with van der Waals surface area (Å²) in [7, 11) is 0. The summed E-state index contributed by atoms with van der Waals surface area (Å²) in [6.07, 6.45) is 16.9. The van der Waals surface area contributed by atoms with E-state index < -0.39 is 0 Å². The van der Waals surface area contributed by atoms with Gasteiger partial charge in [0.15, 0.2) is 0 Å². The number of hydrogen-bond acceptors (Lipinski definition) is 2. The fraction of sp³-hybridized carbons (Fsp3) is 0.897. The van der Waals surface area contributed by atoms with Gasteiger partial charge in [0, 0.05) is 6.42 Å². The third kappa shape index (κ3) is 4.44. The minimum Gasteiger partial charge on any atom is -0.461 e. The highest BCUT2D eigenvalue weighted by Gasteiger charge is 2.59. The van der Waals surface area contributed by atoms with E-state index in [2.05, 4.69) is 40.7 Å². The van der Waals surface area contributed by atoms with Gasteiger partial charge >= 0.3 is 5.97 Å². The molecule has 1 unspecified atom stereocenters. The van der Waals surface area contributed by atoms with E-state index in [-0.39, 0.29) is 18.0 Å². The zero-order chi connectivity index (χ0) is 23.1. The van der Waals surface area contributed by atoms with Crippen LogP contribution in [0.2, 0.25) is 0 Å². The van der Waals surface area contributed by atoms with E-state index in [9.17, 15) is 4.79 Å². The van der Waals surface area contributed by atoms with Crippen molar-refractivity contribution in [2.45, 2.75) is 111 Å². The van der Waals surface area contributed by atoms with E-state index in [1.165, 1.54) is 57.8 Å². The average Bonchev–Trinajstić information content (AvgIpc) is 3.11. The van der Waals surface area contributed by atoms with E-state index in [0.717, 1.165) is 48.3 Å². The molecule has 3 saturated carbocycles. The molecule has 0 bridgehead atoms. The lowest BCUT2D eigenvalue weighted by molar-refractivity contribution is -0.148. The fourth-order valence-electron chi connectivity index (χ4n) is 8.97. The number of carbonyl (C=O) groups excluding carboxylic acids is 1. The van der Waals surface area contributed by atoms with Crippen molar-refractivity contribution >= 4 is 17.6 Å². The molecule has 182 valence electrons. The van der Waals surface area contributed by atoms with Crippen LogP contribution < -0.4 is 0 Å². The van der Waals surface area contributed by atoms with Crippen LogP contribution in [0.3, 0.4) is 0 Å². The van der Waals surface area contributed by atoms with Gasteiger partial charge in [0.2, 0.25) is 0 Å². The second-order valence-corrected chi connectivity index (χ2v) is 13.0. The molecule has 3 heteroatoms. The number of ether oxygens (including phenoxy) is 1. The molecule has 0 heterocycles. The van der Waals surface area contributed by atoms with E-state index in [0.29, 0.717) is 10.8 Å². The van der Waals surface area contributed by atoms with Gasteiger partial charge in [-0.15, -0.1) is 11.6 Å². The first-order valence-corrected chi connectivity index (χ1v) is 14.2. The van der Waals surface area contributed by atoms with Gasteiger partial charge in [-0.05, 0) is 91.3 Å². The molecule has 0 spiro atoms. The molecule has 4 aliphatic rings. The normalized spacial score (nSPS) is 42.0. The average molecular weight is 463 g/mol. The highest BCUT2D eigenvalue weighted by molar-refractivity contribution is 6.26. The Balaban J connectivity index is 1.45. The predicted octanol–water partition coefficient (Wildman–Crippen LogP) is 8.18. The Hall–Kier alpha value is -0.500. The first-order valence-electron chi connectivity index (χ1n) is 13.6. The highest BCUT2D eigenvalue weighted by atomic mass is 35.5. The minimum absolute atomic E-state index is 0.0329. The monoisotopic (exact) mass is 462 g/mol. The summed E-state index contributed by atoms with van der Waals surface area (Å²) in [4.78, 5) is 11.7. The van der Waals surface area contributed by atoms with Crippen molar-refractivity contribution in [3.05, 3.63) is 11.6 Å². The first-order chi connectivity index (χ1) is 15.2. The van der Waals surface area contributed by atoms with Gasteiger partial charge in [-0.3, -0.25) is 4.79 Å². The van der Waals surface area contributed by atoms with Crippen molar-refractivity contribution in [3.63, 3.8) is 0 Å². The van der Waals surface area contributed by atoms with Gasteiger partial charge in [0.25, 0.3) is 0 Å². The molecule has 4 rings (SSSR count). The van der Waals surface area contributed by atoms with Crippen molar-refractivity contribution in [2.24, 2.45) is 46.3 Å². The van der Waals surface area contributed by atoms with E-state index in [1.807, 2.05) is 0 Å². The summed E-state index contributed by atoms with van der Waals surface area (Å²) < 4.78 is 5.63. The molecule has 0 N–H and O–H groups in total. The van der Waals surface area contributed by atoms with Gasteiger partial charge in [-0.25, -0.2) is 0 Å². The van der Waals surface area contributed by atoms with Crippen LogP contribution in [-0.2, 0) is 9.53 Å². The maximum absolute atomic E-state index is 11.7. The maximum atomic E-state index is 11.7. The summed E-state index contributed by atoms with van der Waals surface area (Å²) in [5.74, 6) is 4.92. The van der Waals surface area contributed by atoms with E-state index >= 15 is 0 Å². The number of allylic oxidation sites excluding steroid dienone is 1. The summed E-state index contributed by atoms with van der Waals surface area (Å²) in [5.41, 5.74) is 2.44. The van der Waals surface area contributed by atoms with Crippen LogP contribution in [0.15, 0.2) is 11.6 Å². The Morgan fingerprint density at radius 1 is 1.09 bits per heavy atom. The van der Waals surface area contributed by atoms with E-state index in [1.54, 1.807) is 5.57 Å². The zero-order valence-electron chi connectivity index (χ0n) is 21.3. The lowest BCUT2D eigenvalue weighted by Crippen LogP contribution is -2.51. The predicted molar refractivity (Wildman–Crippen MR) is 134 cm³/mol. The molecule has 0 aromatic carbocycles. The van der Waals surface area contributed by atoms with Crippen LogP contribution >= 0.6 is 11.6 Å². The fourth-order valence-corrected chi connectivity index (χ4v) is 9.03. The molecule has 0 saturated heterocycles. The van der Waals surface area contributed by atoms with Crippen molar-refractivity contribution in [2.75, 3.05) is 5.88 Å². The van der Waals surface area contributed by atoms with Gasteiger partial charge < -0.3 is 4.74 Å². The van der Waals surface area contributed by atoms with Crippen LogP contribution in [0.5, 0.6) is 0 Å². The Labute approximate surface area is 202 Å². The third-order valence-corrected chi connectivity index (χ3v) is 10.9. The Bertz CT molecular complexity index is 714. The third-order valence-electron chi connectivity index (χ3n) is 10.7. The number of fused-ring (bicyclic) bond motifs is 5. The summed E-state index contributed by atoms with van der Waals surface area (Å²) in [6, 6.07) is 0. The smallest absolute Gasteiger partial charge is 0.321 e. The van der Waals surface area contributed by atoms with Crippen LogP contribution in [0, 0.1) is 46.3 Å². The Kier molecular flexibility index (Phi) is 7.41. The van der Waals surface area contributed by atoms with E-state index in [4.69, 9.17) is 16.3 Å². The summed E-state index contributed by atoms with van der Waals surface area (Å²) >= 11 is 5.68. The molecule has 4 aliphatic carbocycles. The molecule has 0 aliphatic heterocycles. The number of alkyl halides is 1. The molecular formula is C29H47ClO2. The molecule has 3 fully saturated rings. The lowest BCUT2D eigenvalue weighted by Gasteiger charge is -2.58. The SMILES string of the molecule is CC(C)CCC[C@@H](C)[C@H]1CC[C@H]2[C@@H]3CC=C4C[C@@H](OC(=O)CCl)CC[C@]4(C)C3CC[C@]12C. The number of hydrogen-bond donors (Lipinski definition) is 0. The first kappa shape index (κ1) is 24.6. The molecule has 0 aromatic heterocycles. The van der Waals surface area contributed by atoms with Crippen LogP contribution in [-0.4, -0.2) is 18.0 Å². The molecule has 0 radical (unpaired) electrons. The minimum atomic E-state index is -0.262. The Morgan fingerprint density at radius 3 is 2.59 bits per heavy atom.